The molecule has 0 spiro atoms. The van der Waals surface area contributed by atoms with E-state index in [2.05, 4.69) is 28.2 Å². The highest BCUT2D eigenvalue weighted by Gasteiger charge is 2.33. The van der Waals surface area contributed by atoms with Crippen LogP contribution >= 0.6 is 15.9 Å². The van der Waals surface area contributed by atoms with Gasteiger partial charge in [0.15, 0.2) is 0 Å². The van der Waals surface area contributed by atoms with Gasteiger partial charge >= 0.3 is 0 Å². The van der Waals surface area contributed by atoms with E-state index in [9.17, 15) is 9.90 Å². The van der Waals surface area contributed by atoms with Crippen LogP contribution in [-0.2, 0) is 4.79 Å². The number of halogens is 1. The van der Waals surface area contributed by atoms with Crippen molar-refractivity contribution in [3.63, 3.8) is 0 Å². The van der Waals surface area contributed by atoms with Crippen LogP contribution in [0.15, 0.2) is 0 Å². The van der Waals surface area contributed by atoms with Crippen molar-refractivity contribution in [1.82, 2.24) is 5.32 Å². The van der Waals surface area contributed by atoms with Gasteiger partial charge in [0, 0.05) is 6.54 Å². The molecule has 1 aliphatic carbocycles. The lowest BCUT2D eigenvalue weighted by Crippen LogP contribution is -2.47. The number of hydrogen-bond acceptors (Lipinski definition) is 2. The van der Waals surface area contributed by atoms with Crippen molar-refractivity contribution >= 4 is 21.8 Å². The number of amides is 1. The number of aliphatic hydroxyl groups is 1. The molecule has 4 heteroatoms. The molecular formula is C14H26BrNO2. The molecule has 0 heterocycles. The molecular weight excluding hydrogens is 294 g/mol. The fourth-order valence-corrected chi connectivity index (χ4v) is 2.61. The number of rotatable bonds is 5. The minimum atomic E-state index is -0.689. The lowest BCUT2D eigenvalue weighted by molar-refractivity contribution is -0.122. The monoisotopic (exact) mass is 319 g/mol. The van der Waals surface area contributed by atoms with Crippen LogP contribution in [0.4, 0.5) is 0 Å². The van der Waals surface area contributed by atoms with E-state index >= 15 is 0 Å². The molecule has 1 aliphatic rings. The van der Waals surface area contributed by atoms with Gasteiger partial charge < -0.3 is 10.4 Å². The van der Waals surface area contributed by atoms with Gasteiger partial charge in [-0.05, 0) is 37.5 Å². The summed E-state index contributed by atoms with van der Waals surface area (Å²) in [6, 6.07) is 0. The first-order valence-electron chi connectivity index (χ1n) is 7.02. The van der Waals surface area contributed by atoms with Crippen molar-refractivity contribution in [1.29, 1.82) is 0 Å². The van der Waals surface area contributed by atoms with Gasteiger partial charge in [-0.1, -0.05) is 43.1 Å². The number of carbonyl (C=O) groups is 1. The molecule has 106 valence electrons. The van der Waals surface area contributed by atoms with Gasteiger partial charge in [-0.3, -0.25) is 4.79 Å². The van der Waals surface area contributed by atoms with Gasteiger partial charge in [0.05, 0.1) is 10.4 Å². The van der Waals surface area contributed by atoms with E-state index in [0.717, 1.165) is 31.6 Å². The predicted octanol–water partition coefficient (Wildman–Crippen LogP) is 2.85. The zero-order chi connectivity index (χ0) is 13.8. The fourth-order valence-electron chi connectivity index (χ4n) is 2.45. The summed E-state index contributed by atoms with van der Waals surface area (Å²) in [5.74, 6) is 0.993. The second kappa shape index (κ2) is 6.90. The van der Waals surface area contributed by atoms with E-state index < -0.39 is 5.60 Å². The highest BCUT2D eigenvalue weighted by Crippen LogP contribution is 2.33. The highest BCUT2D eigenvalue weighted by atomic mass is 79.9. The molecule has 3 nitrogen and oxygen atoms in total. The summed E-state index contributed by atoms with van der Waals surface area (Å²) in [7, 11) is 0. The van der Waals surface area contributed by atoms with Crippen LogP contribution in [0.1, 0.15) is 52.9 Å². The third kappa shape index (κ3) is 4.54. The molecule has 1 amide bonds. The maximum absolute atomic E-state index is 11.8. The Balaban J connectivity index is 2.37. The van der Waals surface area contributed by atoms with Crippen molar-refractivity contribution in [3.05, 3.63) is 0 Å². The molecule has 1 fully saturated rings. The van der Waals surface area contributed by atoms with Crippen LogP contribution in [-0.4, -0.2) is 28.0 Å². The molecule has 0 aromatic heterocycles. The second-order valence-corrected chi connectivity index (χ2v) is 6.93. The molecule has 1 atom stereocenters. The number of alkyl halides is 1. The minimum Gasteiger partial charge on any atom is -0.388 e. The van der Waals surface area contributed by atoms with Crippen LogP contribution < -0.4 is 5.32 Å². The molecule has 1 rings (SSSR count). The first-order chi connectivity index (χ1) is 8.38. The Bertz CT molecular complexity index is 273. The van der Waals surface area contributed by atoms with Crippen molar-refractivity contribution in [2.24, 2.45) is 11.8 Å². The van der Waals surface area contributed by atoms with Gasteiger partial charge in [0.2, 0.25) is 5.91 Å². The van der Waals surface area contributed by atoms with Gasteiger partial charge in [-0.15, -0.1) is 0 Å². The maximum atomic E-state index is 11.8. The van der Waals surface area contributed by atoms with Crippen molar-refractivity contribution < 1.29 is 9.90 Å². The molecule has 0 aliphatic heterocycles. The summed E-state index contributed by atoms with van der Waals surface area (Å²) in [5.41, 5.74) is -0.689. The molecule has 18 heavy (non-hydrogen) atoms. The SMILES string of the molecule is CCC1CCC(O)(CNC(=O)C(Br)C(C)C)CC1. The van der Waals surface area contributed by atoms with Crippen molar-refractivity contribution in [2.45, 2.75) is 63.3 Å². The summed E-state index contributed by atoms with van der Waals surface area (Å²) in [6.45, 7) is 6.59. The van der Waals surface area contributed by atoms with Crippen LogP contribution in [0.5, 0.6) is 0 Å². The van der Waals surface area contributed by atoms with Gasteiger partial charge in [0.1, 0.15) is 0 Å². The number of carbonyl (C=O) groups excluding carboxylic acids is 1. The van der Waals surface area contributed by atoms with E-state index in [1.54, 1.807) is 0 Å². The Labute approximate surface area is 119 Å². The first-order valence-corrected chi connectivity index (χ1v) is 7.93. The smallest absolute Gasteiger partial charge is 0.234 e. The average Bonchev–Trinajstić information content (AvgIpc) is 2.36. The molecule has 1 unspecified atom stereocenters. The number of hydrogen-bond donors (Lipinski definition) is 2. The Kier molecular flexibility index (Phi) is 6.12. The third-order valence-corrected chi connectivity index (χ3v) is 5.51. The van der Waals surface area contributed by atoms with E-state index in [1.807, 2.05) is 13.8 Å². The van der Waals surface area contributed by atoms with Crippen LogP contribution in [0.25, 0.3) is 0 Å². The second-order valence-electron chi connectivity index (χ2n) is 5.94. The minimum absolute atomic E-state index is 0.0176. The first kappa shape index (κ1) is 16.0. The molecule has 2 N–H and O–H groups in total. The fraction of sp³-hybridized carbons (Fsp3) is 0.929. The lowest BCUT2D eigenvalue weighted by atomic mass is 9.78. The largest absolute Gasteiger partial charge is 0.388 e. The average molecular weight is 320 g/mol. The van der Waals surface area contributed by atoms with Crippen molar-refractivity contribution in [2.75, 3.05) is 6.54 Å². The maximum Gasteiger partial charge on any atom is 0.234 e. The van der Waals surface area contributed by atoms with E-state index in [4.69, 9.17) is 0 Å². The Morgan fingerprint density at radius 2 is 2.00 bits per heavy atom. The summed E-state index contributed by atoms with van der Waals surface area (Å²) >= 11 is 3.38. The predicted molar refractivity (Wildman–Crippen MR) is 77.8 cm³/mol. The van der Waals surface area contributed by atoms with E-state index in [1.165, 1.54) is 6.42 Å². The molecule has 0 saturated heterocycles. The van der Waals surface area contributed by atoms with E-state index in [-0.39, 0.29) is 16.7 Å². The molecule has 0 aromatic carbocycles. The number of nitrogens with one attached hydrogen (secondary N) is 1. The Morgan fingerprint density at radius 1 is 1.44 bits per heavy atom. The normalized spacial score (nSPS) is 30.2. The molecule has 0 aromatic rings. The lowest BCUT2D eigenvalue weighted by Gasteiger charge is -2.36. The quantitative estimate of drug-likeness (QED) is 0.765. The molecule has 1 saturated carbocycles. The highest BCUT2D eigenvalue weighted by molar-refractivity contribution is 9.10. The van der Waals surface area contributed by atoms with Crippen molar-refractivity contribution in [3.8, 4) is 0 Å². The third-order valence-electron chi connectivity index (χ3n) is 4.04. The molecule has 0 bridgehead atoms. The standard InChI is InChI=1S/C14H26BrNO2/c1-4-11-5-7-14(18,8-6-11)9-16-13(17)12(15)10(2)3/h10-12,18H,4-9H2,1-3H3,(H,16,17). The molecule has 0 radical (unpaired) electrons. The van der Waals surface area contributed by atoms with Crippen LogP contribution in [0, 0.1) is 11.8 Å². The van der Waals surface area contributed by atoms with Gasteiger partial charge in [-0.25, -0.2) is 0 Å². The van der Waals surface area contributed by atoms with Crippen LogP contribution in [0.3, 0.4) is 0 Å². The summed E-state index contributed by atoms with van der Waals surface area (Å²) in [5, 5.41) is 13.3. The van der Waals surface area contributed by atoms with E-state index in [0.29, 0.717) is 6.54 Å². The summed E-state index contributed by atoms with van der Waals surface area (Å²) < 4.78 is 0. The van der Waals surface area contributed by atoms with Crippen LogP contribution in [0.2, 0.25) is 0 Å². The zero-order valence-corrected chi connectivity index (χ0v) is 13.3. The zero-order valence-electron chi connectivity index (χ0n) is 11.7. The Hall–Kier alpha value is -0.0900. The summed E-state index contributed by atoms with van der Waals surface area (Å²) in [6.07, 6.45) is 4.95. The summed E-state index contributed by atoms with van der Waals surface area (Å²) in [4.78, 5) is 11.6. The van der Waals surface area contributed by atoms with Gasteiger partial charge in [0.25, 0.3) is 0 Å². The van der Waals surface area contributed by atoms with Gasteiger partial charge in [-0.2, -0.15) is 0 Å². The topological polar surface area (TPSA) is 49.3 Å². The Morgan fingerprint density at radius 3 is 2.44 bits per heavy atom.